The molecule has 0 N–H and O–H groups in total. The molecule has 0 saturated carbocycles. The molecule has 0 spiro atoms. The van der Waals surface area contributed by atoms with E-state index >= 15 is 0 Å². The van der Waals surface area contributed by atoms with Crippen molar-refractivity contribution in [3.05, 3.63) is 34.9 Å². The quantitative estimate of drug-likeness (QED) is 0.783. The number of hydrogen-bond donors (Lipinski definition) is 0. The van der Waals surface area contributed by atoms with Crippen molar-refractivity contribution in [2.45, 2.75) is 19.6 Å². The van der Waals surface area contributed by atoms with Crippen LogP contribution < -0.4 is 0 Å². The Labute approximate surface area is 115 Å². The van der Waals surface area contributed by atoms with E-state index in [2.05, 4.69) is 0 Å². The lowest BCUT2D eigenvalue weighted by Gasteiger charge is -2.20. The highest BCUT2D eigenvalue weighted by atomic mass is 35.5. The van der Waals surface area contributed by atoms with Crippen LogP contribution in [0.3, 0.4) is 0 Å². The number of methoxy groups -OCH3 is 1. The van der Waals surface area contributed by atoms with Crippen LogP contribution in [0, 0.1) is 5.41 Å². The normalized spacial score (nSPS) is 13.1. The zero-order valence-electron chi connectivity index (χ0n) is 10.7. The first-order chi connectivity index (χ1) is 8.35. The number of carbonyl (C=O) groups excluding carboxylic acids is 1. The lowest BCUT2D eigenvalue weighted by Crippen LogP contribution is -2.31. The van der Waals surface area contributed by atoms with Gasteiger partial charge in [-0.15, -0.1) is 0 Å². The first-order valence-corrected chi connectivity index (χ1v) is 7.39. The molecule has 0 aliphatic carbocycles. The topological polar surface area (TPSA) is 43.4 Å². The summed E-state index contributed by atoms with van der Waals surface area (Å²) in [6.07, 6.45) is 0. The number of rotatable bonds is 5. The van der Waals surface area contributed by atoms with Crippen LogP contribution in [0.15, 0.2) is 24.3 Å². The van der Waals surface area contributed by atoms with Gasteiger partial charge in [0.05, 0.1) is 12.5 Å². The van der Waals surface area contributed by atoms with E-state index in [0.29, 0.717) is 10.8 Å². The lowest BCUT2D eigenvalue weighted by atomic mass is 9.97. The van der Waals surface area contributed by atoms with Gasteiger partial charge in [-0.1, -0.05) is 23.7 Å². The molecule has 0 aromatic heterocycles. The van der Waals surface area contributed by atoms with E-state index in [4.69, 9.17) is 16.3 Å². The molecule has 0 saturated heterocycles. The number of benzene rings is 1. The zero-order chi connectivity index (χ0) is 13.8. The van der Waals surface area contributed by atoms with Crippen molar-refractivity contribution in [1.29, 1.82) is 0 Å². The standard InChI is InChI=1S/C13H17ClO3S/c1-13(2,12(15)17-3)9-18(16)8-10-4-6-11(14)7-5-10/h4-7H,8-9H2,1-3H3. The fourth-order valence-electron chi connectivity index (χ4n) is 1.56. The van der Waals surface area contributed by atoms with E-state index in [1.165, 1.54) is 7.11 Å². The van der Waals surface area contributed by atoms with Crippen LogP contribution in [-0.4, -0.2) is 23.0 Å². The smallest absolute Gasteiger partial charge is 0.312 e. The van der Waals surface area contributed by atoms with Crippen molar-refractivity contribution in [2.75, 3.05) is 12.9 Å². The third kappa shape index (κ3) is 4.42. The van der Waals surface area contributed by atoms with Crippen molar-refractivity contribution in [1.82, 2.24) is 0 Å². The predicted molar refractivity (Wildman–Crippen MR) is 74.0 cm³/mol. The van der Waals surface area contributed by atoms with Crippen LogP contribution in [0.4, 0.5) is 0 Å². The molecule has 1 unspecified atom stereocenters. The first kappa shape index (κ1) is 15.2. The molecule has 0 fully saturated rings. The Bertz CT molecular complexity index is 440. The van der Waals surface area contributed by atoms with Gasteiger partial charge < -0.3 is 4.74 Å². The molecule has 0 aliphatic rings. The Hall–Kier alpha value is -0.870. The first-order valence-electron chi connectivity index (χ1n) is 5.53. The third-order valence-corrected chi connectivity index (χ3v) is 4.45. The highest BCUT2D eigenvalue weighted by Crippen LogP contribution is 2.20. The van der Waals surface area contributed by atoms with Crippen LogP contribution >= 0.6 is 11.6 Å². The van der Waals surface area contributed by atoms with E-state index in [-0.39, 0.29) is 11.7 Å². The fraction of sp³-hybridized carbons (Fsp3) is 0.462. The van der Waals surface area contributed by atoms with Gasteiger partial charge in [-0.2, -0.15) is 0 Å². The van der Waals surface area contributed by atoms with Gasteiger partial charge in [0, 0.05) is 27.3 Å². The molecule has 0 radical (unpaired) electrons. The number of hydrogen-bond acceptors (Lipinski definition) is 3. The number of halogens is 1. The maximum Gasteiger partial charge on any atom is 0.312 e. The summed E-state index contributed by atoms with van der Waals surface area (Å²) >= 11 is 5.78. The molecule has 0 heterocycles. The van der Waals surface area contributed by atoms with Gasteiger partial charge in [0.15, 0.2) is 0 Å². The highest BCUT2D eigenvalue weighted by molar-refractivity contribution is 7.84. The number of carbonyl (C=O) groups is 1. The molecule has 18 heavy (non-hydrogen) atoms. The molecule has 0 amide bonds. The van der Waals surface area contributed by atoms with Gasteiger partial charge in [0.25, 0.3) is 0 Å². The predicted octanol–water partition coefficient (Wildman–Crippen LogP) is 2.79. The van der Waals surface area contributed by atoms with Crippen molar-refractivity contribution < 1.29 is 13.7 Å². The number of esters is 1. The van der Waals surface area contributed by atoms with Crippen LogP contribution in [0.5, 0.6) is 0 Å². The molecule has 0 aliphatic heterocycles. The Kier molecular flexibility index (Phi) is 5.35. The maximum absolute atomic E-state index is 12.0. The Morgan fingerprint density at radius 3 is 2.39 bits per heavy atom. The number of ether oxygens (including phenoxy) is 1. The van der Waals surface area contributed by atoms with Crippen LogP contribution in [0.2, 0.25) is 5.02 Å². The van der Waals surface area contributed by atoms with Gasteiger partial charge in [-0.3, -0.25) is 9.00 Å². The molecule has 1 aromatic carbocycles. The van der Waals surface area contributed by atoms with E-state index in [1.54, 1.807) is 26.0 Å². The molecule has 5 heteroatoms. The van der Waals surface area contributed by atoms with Gasteiger partial charge in [-0.05, 0) is 31.5 Å². The monoisotopic (exact) mass is 288 g/mol. The van der Waals surface area contributed by atoms with E-state index < -0.39 is 16.2 Å². The second-order valence-electron chi connectivity index (χ2n) is 4.73. The highest BCUT2D eigenvalue weighted by Gasteiger charge is 2.30. The average molecular weight is 289 g/mol. The minimum atomic E-state index is -1.11. The minimum Gasteiger partial charge on any atom is -0.469 e. The van der Waals surface area contributed by atoms with Crippen molar-refractivity contribution in [3.63, 3.8) is 0 Å². The van der Waals surface area contributed by atoms with Crippen LogP contribution in [0.1, 0.15) is 19.4 Å². The summed E-state index contributed by atoms with van der Waals surface area (Å²) in [6.45, 7) is 3.47. The van der Waals surface area contributed by atoms with Crippen molar-refractivity contribution in [2.24, 2.45) is 5.41 Å². The second-order valence-corrected chi connectivity index (χ2v) is 6.62. The Balaban J connectivity index is 2.62. The largest absolute Gasteiger partial charge is 0.469 e. The van der Waals surface area contributed by atoms with Crippen LogP contribution in [0.25, 0.3) is 0 Å². The molecule has 0 bridgehead atoms. The fourth-order valence-corrected chi connectivity index (χ4v) is 3.27. The van der Waals surface area contributed by atoms with Gasteiger partial charge in [-0.25, -0.2) is 0 Å². The Morgan fingerprint density at radius 2 is 1.89 bits per heavy atom. The lowest BCUT2D eigenvalue weighted by molar-refractivity contribution is -0.149. The van der Waals surface area contributed by atoms with Crippen molar-refractivity contribution >= 4 is 28.4 Å². The van der Waals surface area contributed by atoms with Gasteiger partial charge >= 0.3 is 5.97 Å². The molecule has 1 aromatic rings. The van der Waals surface area contributed by atoms with Gasteiger partial charge in [0.2, 0.25) is 0 Å². The summed E-state index contributed by atoms with van der Waals surface area (Å²) in [5.41, 5.74) is 0.213. The van der Waals surface area contributed by atoms with Gasteiger partial charge in [0.1, 0.15) is 0 Å². The summed E-state index contributed by atoms with van der Waals surface area (Å²) in [7, 11) is 0.226. The third-order valence-electron chi connectivity index (χ3n) is 2.50. The molecule has 100 valence electrons. The van der Waals surface area contributed by atoms with E-state index in [0.717, 1.165) is 5.56 Å². The summed E-state index contributed by atoms with van der Waals surface area (Å²) in [5.74, 6) is 0.354. The molecular formula is C13H17ClO3S. The molecule has 3 nitrogen and oxygen atoms in total. The molecule has 1 atom stereocenters. The van der Waals surface area contributed by atoms with E-state index in [9.17, 15) is 9.00 Å². The van der Waals surface area contributed by atoms with E-state index in [1.807, 2.05) is 12.1 Å². The summed E-state index contributed by atoms with van der Waals surface area (Å²) in [6, 6.07) is 7.20. The summed E-state index contributed by atoms with van der Waals surface area (Å²) < 4.78 is 16.7. The van der Waals surface area contributed by atoms with Crippen LogP contribution in [-0.2, 0) is 26.1 Å². The summed E-state index contributed by atoms with van der Waals surface area (Å²) in [5, 5.41) is 0.652. The minimum absolute atomic E-state index is 0.280. The zero-order valence-corrected chi connectivity index (χ0v) is 12.3. The van der Waals surface area contributed by atoms with Crippen molar-refractivity contribution in [3.8, 4) is 0 Å². The average Bonchev–Trinajstić information content (AvgIpc) is 2.30. The maximum atomic E-state index is 12.0. The second kappa shape index (κ2) is 6.34. The molecule has 1 rings (SSSR count). The SMILES string of the molecule is COC(=O)C(C)(C)CS(=O)Cc1ccc(Cl)cc1. The molecular weight excluding hydrogens is 272 g/mol. The summed E-state index contributed by atoms with van der Waals surface area (Å²) in [4.78, 5) is 11.5. The Morgan fingerprint density at radius 1 is 1.33 bits per heavy atom.